The van der Waals surface area contributed by atoms with Gasteiger partial charge in [0.05, 0.1) is 19.3 Å². The maximum absolute atomic E-state index is 9.38. The Morgan fingerprint density at radius 1 is 1.06 bits per heavy atom. The molecule has 0 aromatic heterocycles. The molecule has 0 unspecified atom stereocenters. The third kappa shape index (κ3) is 2.84. The molecule has 2 aliphatic heterocycles. The Morgan fingerprint density at radius 3 is 2.28 bits per heavy atom. The van der Waals surface area contributed by atoms with Crippen LogP contribution in [0.15, 0.2) is 0 Å². The summed E-state index contributed by atoms with van der Waals surface area (Å²) in [6.07, 6.45) is -1.17. The van der Waals surface area contributed by atoms with Crippen LogP contribution < -0.4 is 5.73 Å². The first-order valence-corrected chi connectivity index (χ1v) is 6.28. The highest BCUT2D eigenvalue weighted by atomic mass is 16.8. The number of nitrogens with two attached hydrogens (primary N) is 1. The van der Waals surface area contributed by atoms with Gasteiger partial charge in [0.2, 0.25) is 0 Å². The van der Waals surface area contributed by atoms with Crippen molar-refractivity contribution in [2.24, 2.45) is 5.73 Å². The zero-order valence-electron chi connectivity index (χ0n) is 11.4. The molecule has 0 spiro atoms. The second-order valence-electron chi connectivity index (χ2n) is 5.78. The highest BCUT2D eigenvalue weighted by Crippen LogP contribution is 2.34. The van der Waals surface area contributed by atoms with E-state index in [1.165, 1.54) is 0 Å². The Hall–Kier alpha value is -0.240. The van der Waals surface area contributed by atoms with Gasteiger partial charge in [-0.05, 0) is 27.7 Å². The molecule has 2 heterocycles. The van der Waals surface area contributed by atoms with Crippen LogP contribution in [0.4, 0.5) is 0 Å². The fourth-order valence-electron chi connectivity index (χ4n) is 2.43. The number of ether oxygens (including phenoxy) is 4. The van der Waals surface area contributed by atoms with Crippen LogP contribution in [0.25, 0.3) is 0 Å². The number of aliphatic hydroxyl groups is 1. The van der Waals surface area contributed by atoms with Crippen LogP contribution in [0.2, 0.25) is 0 Å². The average molecular weight is 261 g/mol. The van der Waals surface area contributed by atoms with Crippen LogP contribution in [0.5, 0.6) is 0 Å². The van der Waals surface area contributed by atoms with Crippen molar-refractivity contribution in [3.8, 4) is 0 Å². The fraction of sp³-hybridized carbons (Fsp3) is 1.00. The molecule has 0 aromatic carbocycles. The minimum atomic E-state index is -0.733. The second-order valence-corrected chi connectivity index (χ2v) is 5.78. The van der Waals surface area contributed by atoms with Crippen molar-refractivity contribution in [2.45, 2.75) is 63.6 Å². The van der Waals surface area contributed by atoms with Crippen LogP contribution in [0, 0.1) is 0 Å². The summed E-state index contributed by atoms with van der Waals surface area (Å²) >= 11 is 0. The van der Waals surface area contributed by atoms with Crippen molar-refractivity contribution in [3.63, 3.8) is 0 Å². The lowest BCUT2D eigenvalue weighted by Crippen LogP contribution is -2.59. The molecule has 4 atom stereocenters. The first-order chi connectivity index (χ1) is 8.24. The summed E-state index contributed by atoms with van der Waals surface area (Å²) in [5, 5.41) is 9.38. The first kappa shape index (κ1) is 14.2. The molecule has 106 valence electrons. The van der Waals surface area contributed by atoms with Gasteiger partial charge in [-0.2, -0.15) is 0 Å². The lowest BCUT2D eigenvalue weighted by molar-refractivity contribution is -0.299. The Bertz CT molecular complexity index is 305. The summed E-state index contributed by atoms with van der Waals surface area (Å²) in [5.74, 6) is -1.43. The molecule has 6 nitrogen and oxygen atoms in total. The van der Waals surface area contributed by atoms with E-state index in [9.17, 15) is 5.11 Å². The van der Waals surface area contributed by atoms with Crippen LogP contribution in [-0.4, -0.2) is 54.2 Å². The molecule has 0 aliphatic carbocycles. The zero-order chi connectivity index (χ0) is 13.6. The van der Waals surface area contributed by atoms with E-state index >= 15 is 0 Å². The highest BCUT2D eigenvalue weighted by Gasteiger charge is 2.50. The van der Waals surface area contributed by atoms with Gasteiger partial charge in [-0.3, -0.25) is 0 Å². The lowest BCUT2D eigenvalue weighted by atomic mass is 10.0. The van der Waals surface area contributed by atoms with Gasteiger partial charge >= 0.3 is 0 Å². The summed E-state index contributed by atoms with van der Waals surface area (Å²) in [6, 6.07) is -0.297. The van der Waals surface area contributed by atoms with Crippen molar-refractivity contribution in [1.82, 2.24) is 0 Å². The summed E-state index contributed by atoms with van der Waals surface area (Å²) in [4.78, 5) is 0. The number of rotatable bonds is 2. The van der Waals surface area contributed by atoms with E-state index < -0.39 is 17.7 Å². The molecule has 6 heteroatoms. The van der Waals surface area contributed by atoms with Crippen molar-refractivity contribution in [1.29, 1.82) is 0 Å². The number of hydrogen-bond donors (Lipinski definition) is 2. The third-order valence-electron chi connectivity index (χ3n) is 3.19. The van der Waals surface area contributed by atoms with Gasteiger partial charge in [0.15, 0.2) is 11.6 Å². The number of aliphatic hydroxyl groups excluding tert-OH is 1. The minimum Gasteiger partial charge on any atom is -0.394 e. The normalized spacial score (nSPS) is 43.0. The van der Waals surface area contributed by atoms with E-state index in [0.29, 0.717) is 6.61 Å². The van der Waals surface area contributed by atoms with Gasteiger partial charge in [-0.15, -0.1) is 0 Å². The molecule has 2 rings (SSSR count). The number of hydrogen-bond acceptors (Lipinski definition) is 6. The highest BCUT2D eigenvalue weighted by molar-refractivity contribution is 4.94. The van der Waals surface area contributed by atoms with Crippen LogP contribution >= 0.6 is 0 Å². The summed E-state index contributed by atoms with van der Waals surface area (Å²) in [5.41, 5.74) is 6.02. The van der Waals surface area contributed by atoms with Gasteiger partial charge in [0.1, 0.15) is 18.3 Å². The van der Waals surface area contributed by atoms with Gasteiger partial charge in [-0.1, -0.05) is 0 Å². The van der Waals surface area contributed by atoms with Gasteiger partial charge in [0.25, 0.3) is 0 Å². The zero-order valence-corrected chi connectivity index (χ0v) is 11.4. The van der Waals surface area contributed by atoms with Crippen molar-refractivity contribution in [3.05, 3.63) is 0 Å². The summed E-state index contributed by atoms with van der Waals surface area (Å²) in [6.45, 7) is 7.57. The smallest absolute Gasteiger partial charge is 0.164 e. The third-order valence-corrected chi connectivity index (χ3v) is 3.19. The molecule has 3 N–H and O–H groups in total. The van der Waals surface area contributed by atoms with E-state index in [0.717, 1.165) is 0 Å². The quantitative estimate of drug-likeness (QED) is 0.727. The largest absolute Gasteiger partial charge is 0.394 e. The molecule has 0 aromatic rings. The molecule has 0 bridgehead atoms. The molecule has 0 radical (unpaired) electrons. The molecule has 2 saturated heterocycles. The molecule has 0 amide bonds. The van der Waals surface area contributed by atoms with Crippen molar-refractivity contribution >= 4 is 0 Å². The van der Waals surface area contributed by atoms with Crippen LogP contribution in [0.1, 0.15) is 27.7 Å². The van der Waals surface area contributed by atoms with Gasteiger partial charge < -0.3 is 29.8 Å². The average Bonchev–Trinajstić information content (AvgIpc) is 2.57. The van der Waals surface area contributed by atoms with E-state index in [-0.39, 0.29) is 24.9 Å². The molecule has 0 saturated carbocycles. The lowest BCUT2D eigenvalue weighted by Gasteiger charge is -2.42. The molecule has 18 heavy (non-hydrogen) atoms. The Morgan fingerprint density at radius 2 is 1.67 bits per heavy atom. The molecular formula is C12H23NO5. The monoisotopic (exact) mass is 261 g/mol. The predicted molar refractivity (Wildman–Crippen MR) is 63.8 cm³/mol. The first-order valence-electron chi connectivity index (χ1n) is 6.28. The minimum absolute atomic E-state index is 0.123. The van der Waals surface area contributed by atoms with E-state index in [2.05, 4.69) is 0 Å². The van der Waals surface area contributed by atoms with Gasteiger partial charge in [-0.25, -0.2) is 0 Å². The Balaban J connectivity index is 2.13. The summed E-state index contributed by atoms with van der Waals surface area (Å²) in [7, 11) is 0. The van der Waals surface area contributed by atoms with Crippen LogP contribution in [-0.2, 0) is 18.9 Å². The maximum Gasteiger partial charge on any atom is 0.164 e. The van der Waals surface area contributed by atoms with Crippen molar-refractivity contribution in [2.75, 3.05) is 13.2 Å². The predicted octanol–water partition coefficient (Wildman–Crippen LogP) is -0.0224. The van der Waals surface area contributed by atoms with Crippen molar-refractivity contribution < 1.29 is 24.1 Å². The second kappa shape index (κ2) is 4.70. The van der Waals surface area contributed by atoms with Crippen LogP contribution in [0.3, 0.4) is 0 Å². The fourth-order valence-corrected chi connectivity index (χ4v) is 2.43. The maximum atomic E-state index is 9.38. The van der Waals surface area contributed by atoms with E-state index in [4.69, 9.17) is 24.7 Å². The Kier molecular flexibility index (Phi) is 3.70. The molecule has 2 fully saturated rings. The molecule has 2 aliphatic rings. The standard InChI is InChI=1S/C12H23NO5/c1-11(2)15-6-7(13)9(17-11)10-8(5-14)16-12(3,4)18-10/h7-10,14H,5-6,13H2,1-4H3/t7-,8-,9-,10+/m1/s1. The Labute approximate surface area is 107 Å². The summed E-state index contributed by atoms with van der Waals surface area (Å²) < 4.78 is 22.8. The topological polar surface area (TPSA) is 83.2 Å². The van der Waals surface area contributed by atoms with Gasteiger partial charge in [0, 0.05) is 0 Å². The SMILES string of the molecule is CC1(C)OC[C@@H](N)[C@H]([C@H]2OC(C)(C)O[C@@H]2CO)O1. The van der Waals surface area contributed by atoms with E-state index in [1.807, 2.05) is 27.7 Å². The van der Waals surface area contributed by atoms with E-state index in [1.54, 1.807) is 0 Å². The molecular weight excluding hydrogens is 238 g/mol.